The van der Waals surface area contributed by atoms with Crippen molar-refractivity contribution in [2.75, 3.05) is 5.32 Å². The molecule has 172 valence electrons. The molecule has 1 amide bonds. The van der Waals surface area contributed by atoms with E-state index in [0.717, 1.165) is 39.1 Å². The number of nitrogens with one attached hydrogen (secondary N) is 2. The molecule has 2 N–H and O–H groups in total. The van der Waals surface area contributed by atoms with Gasteiger partial charge in [-0.15, -0.1) is 0 Å². The highest BCUT2D eigenvalue weighted by atomic mass is 16.1. The van der Waals surface area contributed by atoms with E-state index < -0.39 is 5.41 Å². The van der Waals surface area contributed by atoms with Crippen LogP contribution in [-0.4, -0.2) is 25.4 Å². The number of nitrogens with zero attached hydrogens (tertiary/aromatic N) is 4. The standard InChI is InChI=1S/C28H24N6O/c1-18-7-8-23(33-27(35)20-5-4-6-22(12-20)28(2,3)16-29)13-25(18)34-15-24(32-17-34)21-11-19-9-10-30-26(19)31-14-21/h4-15,17H,1-3H3,(H,30,31)(H,33,35). The first-order valence-electron chi connectivity index (χ1n) is 11.3. The number of fused-ring (bicyclic) bond motifs is 1. The predicted octanol–water partition coefficient (Wildman–Crippen LogP) is 5.78. The van der Waals surface area contributed by atoms with Crippen LogP contribution in [-0.2, 0) is 5.41 Å². The third-order valence-corrected chi connectivity index (χ3v) is 6.15. The summed E-state index contributed by atoms with van der Waals surface area (Å²) in [7, 11) is 0. The van der Waals surface area contributed by atoms with Crippen LogP contribution in [0.2, 0.25) is 0 Å². The predicted molar refractivity (Wildman–Crippen MR) is 136 cm³/mol. The summed E-state index contributed by atoms with van der Waals surface area (Å²) in [5.41, 5.74) is 5.85. The number of imidazole rings is 1. The number of carbonyl (C=O) groups excluding carboxylic acids is 1. The average Bonchev–Trinajstić information content (AvgIpc) is 3.54. The van der Waals surface area contributed by atoms with E-state index in [-0.39, 0.29) is 5.91 Å². The summed E-state index contributed by atoms with van der Waals surface area (Å²) >= 11 is 0. The first-order chi connectivity index (χ1) is 16.8. The molecule has 0 bridgehead atoms. The van der Waals surface area contributed by atoms with Gasteiger partial charge in [-0.1, -0.05) is 18.2 Å². The fourth-order valence-electron chi connectivity index (χ4n) is 3.97. The summed E-state index contributed by atoms with van der Waals surface area (Å²) in [5.74, 6) is -0.229. The first kappa shape index (κ1) is 22.1. The minimum atomic E-state index is -0.673. The maximum atomic E-state index is 13.0. The maximum absolute atomic E-state index is 13.0. The van der Waals surface area contributed by atoms with Crippen molar-refractivity contribution in [3.63, 3.8) is 0 Å². The Morgan fingerprint density at radius 1 is 1.11 bits per heavy atom. The SMILES string of the molecule is Cc1ccc(NC(=O)c2cccc(C(C)(C)C#N)c2)cc1-n1cnc(-c2cnc3[nH]ccc3c2)c1. The van der Waals surface area contributed by atoms with Gasteiger partial charge in [-0.2, -0.15) is 5.26 Å². The number of hydrogen-bond acceptors (Lipinski definition) is 4. The Balaban J connectivity index is 1.40. The molecule has 35 heavy (non-hydrogen) atoms. The van der Waals surface area contributed by atoms with Crippen molar-refractivity contribution >= 4 is 22.6 Å². The number of aromatic nitrogens is 4. The molecule has 0 atom stereocenters. The van der Waals surface area contributed by atoms with Crippen LogP contribution in [0.3, 0.4) is 0 Å². The zero-order valence-corrected chi connectivity index (χ0v) is 19.7. The van der Waals surface area contributed by atoms with E-state index in [0.29, 0.717) is 11.3 Å². The first-order valence-corrected chi connectivity index (χ1v) is 11.3. The van der Waals surface area contributed by atoms with Gasteiger partial charge in [-0.05, 0) is 68.3 Å². The Morgan fingerprint density at radius 2 is 1.97 bits per heavy atom. The molecule has 0 aliphatic heterocycles. The third kappa shape index (κ3) is 4.30. The lowest BCUT2D eigenvalue weighted by molar-refractivity contribution is 0.102. The lowest BCUT2D eigenvalue weighted by Crippen LogP contribution is -2.17. The zero-order valence-electron chi connectivity index (χ0n) is 19.7. The molecular weight excluding hydrogens is 436 g/mol. The normalized spacial score (nSPS) is 11.4. The van der Waals surface area contributed by atoms with E-state index in [1.165, 1.54) is 0 Å². The van der Waals surface area contributed by atoms with Crippen LogP contribution in [0.15, 0.2) is 79.5 Å². The summed E-state index contributed by atoms with van der Waals surface area (Å²) in [5, 5.41) is 13.4. The van der Waals surface area contributed by atoms with Crippen LogP contribution < -0.4 is 5.32 Å². The number of hydrogen-bond donors (Lipinski definition) is 2. The van der Waals surface area contributed by atoms with Crippen molar-refractivity contribution in [3.8, 4) is 23.0 Å². The fraction of sp³-hybridized carbons (Fsp3) is 0.143. The van der Waals surface area contributed by atoms with E-state index in [1.807, 2.05) is 68.1 Å². The molecule has 3 heterocycles. The number of amides is 1. The number of H-pyrrole nitrogens is 1. The molecule has 5 aromatic rings. The lowest BCUT2D eigenvalue weighted by atomic mass is 9.85. The average molecular weight is 461 g/mol. The summed E-state index contributed by atoms with van der Waals surface area (Å²) in [6.07, 6.45) is 7.38. The Labute approximate surface area is 203 Å². The molecule has 7 nitrogen and oxygen atoms in total. The van der Waals surface area contributed by atoms with E-state index in [9.17, 15) is 10.1 Å². The van der Waals surface area contributed by atoms with Gasteiger partial charge < -0.3 is 14.9 Å². The molecule has 0 saturated heterocycles. The van der Waals surface area contributed by atoms with Crippen molar-refractivity contribution in [3.05, 3.63) is 96.2 Å². The molecule has 5 rings (SSSR count). The minimum Gasteiger partial charge on any atom is -0.346 e. The van der Waals surface area contributed by atoms with Crippen molar-refractivity contribution in [1.29, 1.82) is 5.26 Å². The number of pyridine rings is 1. The number of aryl methyl sites for hydroxylation is 1. The Kier molecular flexibility index (Phi) is 5.42. The van der Waals surface area contributed by atoms with Crippen molar-refractivity contribution in [1.82, 2.24) is 19.5 Å². The van der Waals surface area contributed by atoms with Gasteiger partial charge in [0.2, 0.25) is 0 Å². The van der Waals surface area contributed by atoms with Gasteiger partial charge >= 0.3 is 0 Å². The number of anilines is 1. The number of nitriles is 1. The molecule has 7 heteroatoms. The summed E-state index contributed by atoms with van der Waals surface area (Å²) in [6, 6.07) is 19.3. The van der Waals surface area contributed by atoms with Gasteiger partial charge in [0, 0.05) is 40.8 Å². The highest BCUT2D eigenvalue weighted by Crippen LogP contribution is 2.26. The Bertz CT molecular complexity index is 1600. The van der Waals surface area contributed by atoms with E-state index in [1.54, 1.807) is 30.7 Å². The van der Waals surface area contributed by atoms with Gasteiger partial charge in [0.25, 0.3) is 5.91 Å². The van der Waals surface area contributed by atoms with Crippen LogP contribution >= 0.6 is 0 Å². The smallest absolute Gasteiger partial charge is 0.255 e. The highest BCUT2D eigenvalue weighted by Gasteiger charge is 2.21. The van der Waals surface area contributed by atoms with Crippen LogP contribution in [0, 0.1) is 18.3 Å². The van der Waals surface area contributed by atoms with Gasteiger partial charge in [0.15, 0.2) is 0 Å². The third-order valence-electron chi connectivity index (χ3n) is 6.15. The van der Waals surface area contributed by atoms with E-state index in [4.69, 9.17) is 0 Å². The van der Waals surface area contributed by atoms with Crippen molar-refractivity contribution < 1.29 is 4.79 Å². The second kappa shape index (κ2) is 8.58. The van der Waals surface area contributed by atoms with Gasteiger partial charge in [-0.3, -0.25) is 4.79 Å². The number of benzene rings is 2. The second-order valence-corrected chi connectivity index (χ2v) is 9.08. The zero-order chi connectivity index (χ0) is 24.6. The quantitative estimate of drug-likeness (QED) is 0.347. The fourth-order valence-corrected chi connectivity index (χ4v) is 3.97. The topological polar surface area (TPSA) is 99.4 Å². The van der Waals surface area contributed by atoms with Crippen molar-refractivity contribution in [2.45, 2.75) is 26.2 Å². The Morgan fingerprint density at radius 3 is 2.80 bits per heavy atom. The molecule has 0 aliphatic carbocycles. The molecule has 0 radical (unpaired) electrons. The molecule has 0 fully saturated rings. The maximum Gasteiger partial charge on any atom is 0.255 e. The van der Waals surface area contributed by atoms with E-state index in [2.05, 4.69) is 32.4 Å². The number of aromatic amines is 1. The minimum absolute atomic E-state index is 0.229. The van der Waals surface area contributed by atoms with Gasteiger partial charge in [0.05, 0.1) is 29.2 Å². The number of carbonyl (C=O) groups is 1. The largest absolute Gasteiger partial charge is 0.346 e. The van der Waals surface area contributed by atoms with Crippen LogP contribution in [0.1, 0.15) is 35.3 Å². The molecule has 0 spiro atoms. The monoisotopic (exact) mass is 460 g/mol. The highest BCUT2D eigenvalue weighted by molar-refractivity contribution is 6.04. The molecule has 3 aromatic heterocycles. The lowest BCUT2D eigenvalue weighted by Gasteiger charge is -2.16. The Hall–Kier alpha value is -4.70. The van der Waals surface area contributed by atoms with Crippen LogP contribution in [0.5, 0.6) is 0 Å². The molecule has 0 unspecified atom stereocenters. The molecule has 0 aliphatic rings. The summed E-state index contributed by atoms with van der Waals surface area (Å²) < 4.78 is 1.94. The summed E-state index contributed by atoms with van der Waals surface area (Å²) in [6.45, 7) is 5.69. The summed E-state index contributed by atoms with van der Waals surface area (Å²) in [4.78, 5) is 25.1. The second-order valence-electron chi connectivity index (χ2n) is 9.08. The van der Waals surface area contributed by atoms with Crippen LogP contribution in [0.4, 0.5) is 5.69 Å². The van der Waals surface area contributed by atoms with E-state index >= 15 is 0 Å². The van der Waals surface area contributed by atoms with Crippen molar-refractivity contribution in [2.24, 2.45) is 0 Å². The van der Waals surface area contributed by atoms with Gasteiger partial charge in [0.1, 0.15) is 5.65 Å². The molecule has 2 aromatic carbocycles. The van der Waals surface area contributed by atoms with Gasteiger partial charge in [-0.25, -0.2) is 9.97 Å². The molecular formula is C28H24N6O. The van der Waals surface area contributed by atoms with Crippen LogP contribution in [0.25, 0.3) is 28.0 Å². The number of rotatable bonds is 5. The molecule has 0 saturated carbocycles.